The van der Waals surface area contributed by atoms with Crippen LogP contribution in [-0.2, 0) is 0 Å². The maximum absolute atomic E-state index is 13.8. The van der Waals surface area contributed by atoms with Crippen molar-refractivity contribution in [3.63, 3.8) is 0 Å². The van der Waals surface area contributed by atoms with Crippen molar-refractivity contribution < 1.29 is 9.18 Å². The van der Waals surface area contributed by atoms with Crippen molar-refractivity contribution in [2.45, 2.75) is 32.7 Å². The van der Waals surface area contributed by atoms with Gasteiger partial charge in [0.05, 0.1) is 5.56 Å². The smallest absolute Gasteiger partial charge is 0.257 e. The normalized spacial score (nSPS) is 19.1. The number of hydrogen-bond donors (Lipinski definition) is 1. The van der Waals surface area contributed by atoms with Gasteiger partial charge in [0.2, 0.25) is 0 Å². The lowest BCUT2D eigenvalue weighted by atomic mass is 9.98. The van der Waals surface area contributed by atoms with E-state index in [0.717, 1.165) is 25.9 Å². The second kappa shape index (κ2) is 6.84. The monoisotopic (exact) mass is 278 g/mol. The van der Waals surface area contributed by atoms with Gasteiger partial charge in [-0.1, -0.05) is 12.1 Å². The molecule has 3 nitrogen and oxygen atoms in total. The lowest BCUT2D eigenvalue weighted by molar-refractivity contribution is 0.0656. The molecule has 1 fully saturated rings. The van der Waals surface area contributed by atoms with Crippen molar-refractivity contribution in [3.8, 4) is 0 Å². The van der Waals surface area contributed by atoms with E-state index in [0.29, 0.717) is 12.5 Å². The lowest BCUT2D eigenvalue weighted by Crippen LogP contribution is -2.44. The van der Waals surface area contributed by atoms with Crippen LogP contribution in [0.4, 0.5) is 4.39 Å². The first-order valence-corrected chi connectivity index (χ1v) is 7.36. The van der Waals surface area contributed by atoms with Gasteiger partial charge < -0.3 is 10.2 Å². The molecule has 0 aliphatic carbocycles. The van der Waals surface area contributed by atoms with E-state index in [-0.39, 0.29) is 17.5 Å². The van der Waals surface area contributed by atoms with E-state index in [1.807, 2.05) is 13.8 Å². The molecule has 0 radical (unpaired) electrons. The van der Waals surface area contributed by atoms with Gasteiger partial charge in [-0.2, -0.15) is 0 Å². The summed E-state index contributed by atoms with van der Waals surface area (Å²) >= 11 is 0. The van der Waals surface area contributed by atoms with E-state index >= 15 is 0 Å². The molecule has 1 atom stereocenters. The Morgan fingerprint density at radius 1 is 1.45 bits per heavy atom. The Balaban J connectivity index is 2.11. The molecule has 110 valence electrons. The molecule has 1 heterocycles. The van der Waals surface area contributed by atoms with Gasteiger partial charge in [0, 0.05) is 12.6 Å². The van der Waals surface area contributed by atoms with Crippen molar-refractivity contribution in [3.05, 3.63) is 35.6 Å². The third-order valence-corrected chi connectivity index (χ3v) is 3.84. The zero-order valence-corrected chi connectivity index (χ0v) is 12.2. The topological polar surface area (TPSA) is 32.3 Å². The highest BCUT2D eigenvalue weighted by molar-refractivity contribution is 5.94. The minimum Gasteiger partial charge on any atom is -0.336 e. The number of piperidine rings is 1. The number of nitrogens with zero attached hydrogens (tertiary/aromatic N) is 1. The molecule has 1 aromatic rings. The summed E-state index contributed by atoms with van der Waals surface area (Å²) in [5.41, 5.74) is 0.171. The van der Waals surface area contributed by atoms with Crippen LogP contribution >= 0.6 is 0 Å². The third kappa shape index (κ3) is 3.57. The Morgan fingerprint density at radius 2 is 2.20 bits per heavy atom. The van der Waals surface area contributed by atoms with Crippen LogP contribution in [0.15, 0.2) is 24.3 Å². The van der Waals surface area contributed by atoms with Gasteiger partial charge in [-0.25, -0.2) is 4.39 Å². The molecule has 0 spiro atoms. The largest absolute Gasteiger partial charge is 0.336 e. The minimum absolute atomic E-state index is 0.0732. The van der Waals surface area contributed by atoms with Crippen LogP contribution in [0, 0.1) is 11.7 Å². The quantitative estimate of drug-likeness (QED) is 0.918. The third-order valence-electron chi connectivity index (χ3n) is 3.84. The number of hydrogen-bond acceptors (Lipinski definition) is 2. The predicted molar refractivity (Wildman–Crippen MR) is 78.2 cm³/mol. The van der Waals surface area contributed by atoms with Crippen LogP contribution in [0.3, 0.4) is 0 Å². The first-order chi connectivity index (χ1) is 9.59. The van der Waals surface area contributed by atoms with E-state index in [2.05, 4.69) is 5.32 Å². The Morgan fingerprint density at radius 3 is 2.80 bits per heavy atom. The number of benzene rings is 1. The van der Waals surface area contributed by atoms with Crippen molar-refractivity contribution in [1.82, 2.24) is 10.2 Å². The van der Waals surface area contributed by atoms with Crippen LogP contribution in [-0.4, -0.2) is 36.5 Å². The van der Waals surface area contributed by atoms with Gasteiger partial charge in [0.15, 0.2) is 0 Å². The average Bonchev–Trinajstić information content (AvgIpc) is 2.45. The number of carbonyl (C=O) groups is 1. The van der Waals surface area contributed by atoms with Gasteiger partial charge in [-0.05, 0) is 57.8 Å². The first-order valence-electron chi connectivity index (χ1n) is 7.36. The Bertz CT molecular complexity index is 456. The van der Waals surface area contributed by atoms with Crippen molar-refractivity contribution in [2.75, 3.05) is 19.6 Å². The van der Waals surface area contributed by atoms with E-state index < -0.39 is 5.82 Å². The molecule has 1 N–H and O–H groups in total. The summed E-state index contributed by atoms with van der Waals surface area (Å²) < 4.78 is 13.8. The maximum atomic E-state index is 13.8. The molecule has 0 bridgehead atoms. The lowest BCUT2D eigenvalue weighted by Gasteiger charge is -2.33. The summed E-state index contributed by atoms with van der Waals surface area (Å²) in [5.74, 6) is -0.185. The van der Waals surface area contributed by atoms with Crippen molar-refractivity contribution in [1.29, 1.82) is 0 Å². The van der Waals surface area contributed by atoms with Crippen LogP contribution in [0.1, 0.15) is 37.0 Å². The second-order valence-corrected chi connectivity index (χ2v) is 5.74. The van der Waals surface area contributed by atoms with Crippen LogP contribution in [0.2, 0.25) is 0 Å². The van der Waals surface area contributed by atoms with Crippen molar-refractivity contribution >= 4 is 5.91 Å². The molecule has 1 aliphatic rings. The second-order valence-electron chi connectivity index (χ2n) is 5.74. The molecule has 4 heteroatoms. The number of amides is 1. The molecular weight excluding hydrogens is 255 g/mol. The van der Waals surface area contributed by atoms with Crippen LogP contribution in [0.5, 0.6) is 0 Å². The summed E-state index contributed by atoms with van der Waals surface area (Å²) in [7, 11) is 0. The number of nitrogens with one attached hydrogen (secondary N) is 1. The fourth-order valence-corrected chi connectivity index (χ4v) is 2.68. The molecule has 0 saturated carbocycles. The number of halogens is 1. The fraction of sp³-hybridized carbons (Fsp3) is 0.562. The molecule has 20 heavy (non-hydrogen) atoms. The number of rotatable bonds is 4. The standard InChI is InChI=1S/C16H23FN2O/c1-12(2)19(11-13-6-5-9-18-10-13)16(20)14-7-3-4-8-15(14)17/h3-4,7-8,12-13,18H,5-6,9-11H2,1-2H3. The average molecular weight is 278 g/mol. The predicted octanol–water partition coefficient (Wildman–Crippen LogP) is 2.68. The Labute approximate surface area is 120 Å². The summed E-state index contributed by atoms with van der Waals surface area (Å²) in [6.07, 6.45) is 2.27. The van der Waals surface area contributed by atoms with E-state index in [4.69, 9.17) is 0 Å². The summed E-state index contributed by atoms with van der Waals surface area (Å²) in [6.45, 7) is 6.65. The molecule has 0 aromatic heterocycles. The molecule has 1 saturated heterocycles. The van der Waals surface area contributed by atoms with Gasteiger partial charge >= 0.3 is 0 Å². The molecule has 2 rings (SSSR count). The number of carbonyl (C=O) groups excluding carboxylic acids is 1. The fourth-order valence-electron chi connectivity index (χ4n) is 2.68. The molecule has 1 unspecified atom stereocenters. The zero-order valence-electron chi connectivity index (χ0n) is 12.2. The highest BCUT2D eigenvalue weighted by atomic mass is 19.1. The van der Waals surface area contributed by atoms with E-state index in [1.54, 1.807) is 23.1 Å². The Hall–Kier alpha value is -1.42. The zero-order chi connectivity index (χ0) is 14.5. The van der Waals surface area contributed by atoms with E-state index in [1.165, 1.54) is 6.07 Å². The summed E-state index contributed by atoms with van der Waals surface area (Å²) in [4.78, 5) is 14.3. The SMILES string of the molecule is CC(C)N(CC1CCCNC1)C(=O)c1ccccc1F. The van der Waals surface area contributed by atoms with E-state index in [9.17, 15) is 9.18 Å². The van der Waals surface area contributed by atoms with Crippen LogP contribution in [0.25, 0.3) is 0 Å². The summed E-state index contributed by atoms with van der Waals surface area (Å²) in [6, 6.07) is 6.29. The van der Waals surface area contributed by atoms with Crippen LogP contribution < -0.4 is 5.32 Å². The molecular formula is C16H23FN2O. The highest BCUT2D eigenvalue weighted by Crippen LogP contribution is 2.17. The highest BCUT2D eigenvalue weighted by Gasteiger charge is 2.25. The molecule has 1 aromatic carbocycles. The van der Waals surface area contributed by atoms with Gasteiger partial charge in [-0.3, -0.25) is 4.79 Å². The molecule has 1 amide bonds. The minimum atomic E-state index is -0.440. The summed E-state index contributed by atoms with van der Waals surface area (Å²) in [5, 5.41) is 3.36. The van der Waals surface area contributed by atoms with Gasteiger partial charge in [-0.15, -0.1) is 0 Å². The van der Waals surface area contributed by atoms with Gasteiger partial charge in [0.25, 0.3) is 5.91 Å². The maximum Gasteiger partial charge on any atom is 0.257 e. The van der Waals surface area contributed by atoms with Crippen molar-refractivity contribution in [2.24, 2.45) is 5.92 Å². The van der Waals surface area contributed by atoms with Gasteiger partial charge in [0.1, 0.15) is 5.82 Å². The molecule has 1 aliphatic heterocycles. The first kappa shape index (κ1) is 15.0. The Kier molecular flexibility index (Phi) is 5.12.